The van der Waals surface area contributed by atoms with Crippen molar-refractivity contribution in [2.45, 2.75) is 43.5 Å². The van der Waals surface area contributed by atoms with Crippen LogP contribution in [0.1, 0.15) is 33.1 Å². The van der Waals surface area contributed by atoms with Crippen molar-refractivity contribution < 1.29 is 8.42 Å². The number of aromatic nitrogens is 1. The smallest absolute Gasteiger partial charge is 0.204 e. The van der Waals surface area contributed by atoms with Gasteiger partial charge in [-0.2, -0.15) is 0 Å². The minimum absolute atomic E-state index is 0.0334. The molecule has 0 radical (unpaired) electrons. The first-order valence-electron chi connectivity index (χ1n) is 6.92. The lowest BCUT2D eigenvalue weighted by molar-refractivity contribution is 0.0894. The third-order valence-electron chi connectivity index (χ3n) is 4.01. The zero-order valence-electron chi connectivity index (χ0n) is 12.2. The Bertz CT molecular complexity index is 579. The Balaban J connectivity index is 2.16. The molecule has 2 heterocycles. The lowest BCUT2D eigenvalue weighted by Gasteiger charge is -2.42. The highest BCUT2D eigenvalue weighted by atomic mass is 32.2. The molecule has 110 valence electrons. The van der Waals surface area contributed by atoms with Crippen molar-refractivity contribution >= 4 is 9.84 Å². The Labute approximate surface area is 121 Å². The zero-order valence-corrected chi connectivity index (χ0v) is 13.0. The topological polar surface area (TPSA) is 50.3 Å². The number of rotatable bonds is 4. The SMILES string of the molecule is C=C(CN1CCCCC1(C)C)S(=O)(=O)c1cccnc1. The van der Waals surface area contributed by atoms with Crippen molar-refractivity contribution in [3.8, 4) is 0 Å². The molecule has 5 heteroatoms. The van der Waals surface area contributed by atoms with Gasteiger partial charge in [0.2, 0.25) is 9.84 Å². The van der Waals surface area contributed by atoms with E-state index >= 15 is 0 Å². The lowest BCUT2D eigenvalue weighted by Crippen LogP contribution is -2.48. The Hall–Kier alpha value is -1.20. The third kappa shape index (κ3) is 3.10. The summed E-state index contributed by atoms with van der Waals surface area (Å²) >= 11 is 0. The molecule has 2 rings (SSSR count). The summed E-state index contributed by atoms with van der Waals surface area (Å²) in [5.41, 5.74) is 0.0334. The van der Waals surface area contributed by atoms with E-state index in [0.29, 0.717) is 6.54 Å². The molecule has 0 spiro atoms. The summed E-state index contributed by atoms with van der Waals surface area (Å²) in [6.45, 7) is 9.45. The molecule has 1 saturated heterocycles. The van der Waals surface area contributed by atoms with Crippen LogP contribution >= 0.6 is 0 Å². The fourth-order valence-corrected chi connectivity index (χ4v) is 3.70. The second-order valence-electron chi connectivity index (χ2n) is 5.92. The van der Waals surface area contributed by atoms with Crippen LogP contribution in [0.25, 0.3) is 0 Å². The van der Waals surface area contributed by atoms with Crippen molar-refractivity contribution in [2.75, 3.05) is 13.1 Å². The molecule has 1 aliphatic heterocycles. The second kappa shape index (κ2) is 5.66. The van der Waals surface area contributed by atoms with Crippen LogP contribution in [0, 0.1) is 0 Å². The molecule has 0 aliphatic carbocycles. The maximum atomic E-state index is 12.5. The quantitative estimate of drug-likeness (QED) is 0.856. The molecule has 0 N–H and O–H groups in total. The van der Waals surface area contributed by atoms with E-state index in [1.54, 1.807) is 18.3 Å². The van der Waals surface area contributed by atoms with Crippen LogP contribution in [-0.4, -0.2) is 36.9 Å². The molecule has 0 amide bonds. The molecular formula is C15H22N2O2S. The van der Waals surface area contributed by atoms with Crippen molar-refractivity contribution in [3.05, 3.63) is 36.0 Å². The molecule has 0 aromatic carbocycles. The molecule has 1 fully saturated rings. The third-order valence-corrected chi connectivity index (χ3v) is 5.77. The first kappa shape index (κ1) is 15.2. The molecule has 0 saturated carbocycles. The molecule has 1 aliphatic rings. The number of likely N-dealkylation sites (tertiary alicyclic amines) is 1. The molecule has 1 aromatic heterocycles. The van der Waals surface area contributed by atoms with Crippen molar-refractivity contribution in [1.29, 1.82) is 0 Å². The second-order valence-corrected chi connectivity index (χ2v) is 7.98. The predicted molar refractivity (Wildman–Crippen MR) is 80.1 cm³/mol. The average molecular weight is 294 g/mol. The van der Waals surface area contributed by atoms with E-state index < -0.39 is 9.84 Å². The molecule has 0 atom stereocenters. The summed E-state index contributed by atoms with van der Waals surface area (Å²) in [4.78, 5) is 6.56. The Kier molecular flexibility index (Phi) is 4.30. The zero-order chi connectivity index (χ0) is 14.8. The Morgan fingerprint density at radius 3 is 2.80 bits per heavy atom. The van der Waals surface area contributed by atoms with E-state index in [1.807, 2.05) is 0 Å². The number of pyridine rings is 1. The van der Waals surface area contributed by atoms with Crippen LogP contribution in [0.4, 0.5) is 0 Å². The molecule has 20 heavy (non-hydrogen) atoms. The highest BCUT2D eigenvalue weighted by Crippen LogP contribution is 2.29. The van der Waals surface area contributed by atoms with Crippen LogP contribution in [-0.2, 0) is 9.84 Å². The summed E-state index contributed by atoms with van der Waals surface area (Å²) in [5.74, 6) is 0. The summed E-state index contributed by atoms with van der Waals surface area (Å²) in [6, 6.07) is 3.19. The van der Waals surface area contributed by atoms with Gasteiger partial charge in [0.25, 0.3) is 0 Å². The maximum Gasteiger partial charge on any atom is 0.204 e. The van der Waals surface area contributed by atoms with Crippen molar-refractivity contribution in [3.63, 3.8) is 0 Å². The Morgan fingerprint density at radius 1 is 1.45 bits per heavy atom. The number of hydrogen-bond acceptors (Lipinski definition) is 4. The van der Waals surface area contributed by atoms with E-state index in [1.165, 1.54) is 12.6 Å². The monoisotopic (exact) mass is 294 g/mol. The van der Waals surface area contributed by atoms with Crippen LogP contribution in [0.2, 0.25) is 0 Å². The highest BCUT2D eigenvalue weighted by molar-refractivity contribution is 7.95. The lowest BCUT2D eigenvalue weighted by atomic mass is 9.90. The van der Waals surface area contributed by atoms with Gasteiger partial charge in [0.05, 0.1) is 9.80 Å². The minimum Gasteiger partial charge on any atom is -0.293 e. The molecule has 0 bridgehead atoms. The largest absolute Gasteiger partial charge is 0.293 e. The average Bonchev–Trinajstić information content (AvgIpc) is 2.42. The van der Waals surface area contributed by atoms with Gasteiger partial charge in [-0.3, -0.25) is 9.88 Å². The van der Waals surface area contributed by atoms with E-state index in [4.69, 9.17) is 0 Å². The van der Waals surface area contributed by atoms with Gasteiger partial charge in [-0.25, -0.2) is 8.42 Å². The first-order valence-corrected chi connectivity index (χ1v) is 8.40. The predicted octanol–water partition coefficient (Wildman–Crippen LogP) is 2.63. The van der Waals surface area contributed by atoms with Crippen molar-refractivity contribution in [2.24, 2.45) is 0 Å². The number of piperidine rings is 1. The maximum absolute atomic E-state index is 12.5. The molecular weight excluding hydrogens is 272 g/mol. The molecule has 0 unspecified atom stereocenters. The van der Waals surface area contributed by atoms with E-state index in [-0.39, 0.29) is 15.3 Å². The number of sulfone groups is 1. The highest BCUT2D eigenvalue weighted by Gasteiger charge is 2.32. The van der Waals surface area contributed by atoms with E-state index in [9.17, 15) is 8.42 Å². The number of nitrogens with zero attached hydrogens (tertiary/aromatic N) is 2. The first-order chi connectivity index (χ1) is 9.34. The summed E-state index contributed by atoms with van der Waals surface area (Å²) in [6.07, 6.45) is 6.35. The van der Waals surface area contributed by atoms with Gasteiger partial charge in [-0.05, 0) is 45.4 Å². The van der Waals surface area contributed by atoms with Gasteiger partial charge in [0.15, 0.2) is 0 Å². The van der Waals surface area contributed by atoms with E-state index in [0.717, 1.165) is 19.4 Å². The van der Waals surface area contributed by atoms with Gasteiger partial charge < -0.3 is 0 Å². The fourth-order valence-electron chi connectivity index (χ4n) is 2.58. The summed E-state index contributed by atoms with van der Waals surface area (Å²) in [5, 5.41) is 0. The van der Waals surface area contributed by atoms with E-state index in [2.05, 4.69) is 30.3 Å². The Morgan fingerprint density at radius 2 is 2.20 bits per heavy atom. The minimum atomic E-state index is -3.49. The van der Waals surface area contributed by atoms with Gasteiger partial charge in [0.1, 0.15) is 0 Å². The standard InChI is InChI=1S/C15H22N2O2S/c1-13(12-17-10-5-4-8-15(17,2)3)20(18,19)14-7-6-9-16-11-14/h6-7,9,11H,1,4-5,8,10,12H2,2-3H3. The van der Waals surface area contributed by atoms with Gasteiger partial charge in [-0.1, -0.05) is 13.0 Å². The van der Waals surface area contributed by atoms with Crippen LogP contribution in [0.15, 0.2) is 40.9 Å². The molecule has 1 aromatic rings. The summed E-state index contributed by atoms with van der Waals surface area (Å²) < 4.78 is 24.9. The fraction of sp³-hybridized carbons (Fsp3) is 0.533. The van der Waals surface area contributed by atoms with Gasteiger partial charge in [-0.15, -0.1) is 0 Å². The van der Waals surface area contributed by atoms with Gasteiger partial charge >= 0.3 is 0 Å². The van der Waals surface area contributed by atoms with Crippen LogP contribution in [0.5, 0.6) is 0 Å². The summed E-state index contributed by atoms with van der Waals surface area (Å²) in [7, 11) is -3.49. The van der Waals surface area contributed by atoms with Crippen molar-refractivity contribution in [1.82, 2.24) is 9.88 Å². The van der Waals surface area contributed by atoms with Crippen LogP contribution in [0.3, 0.4) is 0 Å². The van der Waals surface area contributed by atoms with Crippen LogP contribution < -0.4 is 0 Å². The normalized spacial score (nSPS) is 19.7. The van der Waals surface area contributed by atoms with Gasteiger partial charge in [0, 0.05) is 24.5 Å². The molecule has 4 nitrogen and oxygen atoms in total. The number of hydrogen-bond donors (Lipinski definition) is 0.